The Hall–Kier alpha value is -2.05. The van der Waals surface area contributed by atoms with Gasteiger partial charge in [-0.15, -0.1) is 0 Å². The molecule has 0 spiro atoms. The molecule has 2 fully saturated rings. The standard InChI is InChI=1S/C26H40N2O8S/c1-5-6-7-8-9-10-11-12-17-32-22-21(33-24-23(22)34-26(3,4)35-24)18-27-36-25(29)28-37(30,31)20-15-13-19(2)14-16-20/h13-16,18,21-24H,5-12,17H2,1-4H3,(H,28,29)/b27-18+/t21-,22+,23-,24-/m1/s1. The first kappa shape index (κ1) is 29.5. The van der Waals surface area contributed by atoms with Crippen LogP contribution in [0.25, 0.3) is 0 Å². The molecule has 1 aromatic carbocycles. The second-order valence-corrected chi connectivity index (χ2v) is 11.6. The van der Waals surface area contributed by atoms with Crippen molar-refractivity contribution in [1.29, 1.82) is 0 Å². The third-order valence-electron chi connectivity index (χ3n) is 6.23. The van der Waals surface area contributed by atoms with Gasteiger partial charge in [0.15, 0.2) is 12.1 Å². The Kier molecular flexibility index (Phi) is 10.9. The second kappa shape index (κ2) is 13.7. The van der Waals surface area contributed by atoms with Crippen LogP contribution in [-0.2, 0) is 33.8 Å². The van der Waals surface area contributed by atoms with Crippen molar-refractivity contribution < 1.29 is 37.0 Å². The summed E-state index contributed by atoms with van der Waals surface area (Å²) in [5.74, 6) is -0.807. The summed E-state index contributed by atoms with van der Waals surface area (Å²) in [6, 6.07) is 6.06. The molecule has 1 aromatic rings. The number of nitrogens with zero attached hydrogens (tertiary/aromatic N) is 1. The highest BCUT2D eigenvalue weighted by Gasteiger charge is 2.55. The molecular weight excluding hydrogens is 500 g/mol. The highest BCUT2D eigenvalue weighted by Crippen LogP contribution is 2.38. The minimum absolute atomic E-state index is 0.0580. The highest BCUT2D eigenvalue weighted by molar-refractivity contribution is 7.90. The smallest absolute Gasteiger partial charge is 0.372 e. The van der Waals surface area contributed by atoms with Gasteiger partial charge in [-0.25, -0.2) is 17.9 Å². The normalized spacial score (nSPS) is 24.9. The minimum Gasteiger partial charge on any atom is -0.372 e. The molecule has 2 aliphatic heterocycles. The number of oxime groups is 1. The third-order valence-corrected chi connectivity index (χ3v) is 7.56. The van der Waals surface area contributed by atoms with Gasteiger partial charge in [-0.3, -0.25) is 4.84 Å². The van der Waals surface area contributed by atoms with Crippen LogP contribution >= 0.6 is 0 Å². The summed E-state index contributed by atoms with van der Waals surface area (Å²) in [7, 11) is -4.08. The van der Waals surface area contributed by atoms with Crippen LogP contribution in [0, 0.1) is 6.92 Å². The number of aryl methyl sites for hydroxylation is 1. The van der Waals surface area contributed by atoms with Crippen molar-refractivity contribution in [3.63, 3.8) is 0 Å². The van der Waals surface area contributed by atoms with Gasteiger partial charge in [0.25, 0.3) is 10.0 Å². The average Bonchev–Trinajstić information content (AvgIpc) is 3.29. The fourth-order valence-electron chi connectivity index (χ4n) is 4.31. The van der Waals surface area contributed by atoms with Gasteiger partial charge in [-0.2, -0.15) is 0 Å². The molecule has 2 heterocycles. The van der Waals surface area contributed by atoms with Crippen molar-refractivity contribution in [2.75, 3.05) is 6.61 Å². The first-order chi connectivity index (χ1) is 17.6. The van der Waals surface area contributed by atoms with Gasteiger partial charge in [0.2, 0.25) is 0 Å². The Morgan fingerprint density at radius 3 is 2.38 bits per heavy atom. The van der Waals surface area contributed by atoms with Gasteiger partial charge < -0.3 is 18.9 Å². The predicted molar refractivity (Wildman–Crippen MR) is 138 cm³/mol. The van der Waals surface area contributed by atoms with Crippen LogP contribution in [0.4, 0.5) is 4.79 Å². The number of amides is 1. The number of carbonyl (C=O) groups is 1. The van der Waals surface area contributed by atoms with Crippen LogP contribution in [0.2, 0.25) is 0 Å². The molecular formula is C26H40N2O8S. The molecule has 0 radical (unpaired) electrons. The summed E-state index contributed by atoms with van der Waals surface area (Å²) in [6.45, 7) is 8.17. The zero-order chi connectivity index (χ0) is 26.9. The van der Waals surface area contributed by atoms with E-state index in [9.17, 15) is 13.2 Å². The Morgan fingerprint density at radius 2 is 1.70 bits per heavy atom. The van der Waals surface area contributed by atoms with Crippen LogP contribution in [0.1, 0.15) is 77.7 Å². The van der Waals surface area contributed by atoms with Crippen molar-refractivity contribution in [3.05, 3.63) is 29.8 Å². The predicted octanol–water partition coefficient (Wildman–Crippen LogP) is 4.80. The first-order valence-electron chi connectivity index (χ1n) is 13.1. The Bertz CT molecular complexity index is 996. The number of carbonyl (C=O) groups excluding carboxylic acids is 1. The molecule has 208 valence electrons. The van der Waals surface area contributed by atoms with Gasteiger partial charge in [0, 0.05) is 6.61 Å². The molecule has 10 nitrogen and oxygen atoms in total. The summed E-state index contributed by atoms with van der Waals surface area (Å²) < 4.78 is 50.2. The van der Waals surface area contributed by atoms with Gasteiger partial charge >= 0.3 is 6.09 Å². The number of hydrogen-bond donors (Lipinski definition) is 1. The first-order valence-corrected chi connectivity index (χ1v) is 14.6. The average molecular weight is 541 g/mol. The van der Waals surface area contributed by atoms with Crippen LogP contribution in [-0.4, -0.2) is 57.7 Å². The number of hydrogen-bond acceptors (Lipinski definition) is 9. The zero-order valence-corrected chi connectivity index (χ0v) is 23.0. The molecule has 1 amide bonds. The molecule has 0 saturated carbocycles. The van der Waals surface area contributed by atoms with Crippen LogP contribution in [0.3, 0.4) is 0 Å². The van der Waals surface area contributed by atoms with Crippen molar-refractivity contribution >= 4 is 22.3 Å². The van der Waals surface area contributed by atoms with Gasteiger partial charge in [-0.1, -0.05) is 74.7 Å². The fraction of sp³-hybridized carbons (Fsp3) is 0.692. The molecule has 4 atom stereocenters. The van der Waals surface area contributed by atoms with Crippen LogP contribution < -0.4 is 4.72 Å². The lowest BCUT2D eigenvalue weighted by Crippen LogP contribution is -2.38. The molecule has 0 unspecified atom stereocenters. The highest BCUT2D eigenvalue weighted by atomic mass is 32.2. The van der Waals surface area contributed by atoms with E-state index >= 15 is 0 Å². The SMILES string of the molecule is CCCCCCCCCCO[C@@H]1[C@H]2OC(C)(C)O[C@H]2O[C@@H]1/C=N/OC(=O)NS(=O)(=O)c1ccc(C)cc1. The topological polar surface area (TPSA) is 122 Å². The number of unbranched alkanes of at least 4 members (excludes halogenated alkanes) is 7. The Balaban J connectivity index is 1.48. The van der Waals surface area contributed by atoms with Crippen molar-refractivity contribution in [1.82, 2.24) is 4.72 Å². The zero-order valence-electron chi connectivity index (χ0n) is 22.2. The van der Waals surface area contributed by atoms with Gasteiger partial charge in [-0.05, 0) is 39.3 Å². The van der Waals surface area contributed by atoms with E-state index in [1.807, 2.05) is 11.6 Å². The molecule has 1 N–H and O–H groups in total. The monoisotopic (exact) mass is 540 g/mol. The second-order valence-electron chi connectivity index (χ2n) is 9.93. The van der Waals surface area contributed by atoms with Crippen LogP contribution in [0.5, 0.6) is 0 Å². The van der Waals surface area contributed by atoms with E-state index in [0.717, 1.165) is 18.4 Å². The number of fused-ring (bicyclic) bond motifs is 1. The molecule has 0 bridgehead atoms. The quantitative estimate of drug-likeness (QED) is 0.155. The largest absolute Gasteiger partial charge is 0.447 e. The van der Waals surface area contributed by atoms with E-state index in [1.54, 1.807) is 26.0 Å². The molecule has 0 aromatic heterocycles. The number of nitrogens with one attached hydrogen (secondary N) is 1. The van der Waals surface area contributed by atoms with E-state index < -0.39 is 46.5 Å². The van der Waals surface area contributed by atoms with Crippen LogP contribution in [0.15, 0.2) is 34.3 Å². The van der Waals surface area contributed by atoms with E-state index in [0.29, 0.717) is 6.61 Å². The number of rotatable bonds is 14. The molecule has 11 heteroatoms. The summed E-state index contributed by atoms with van der Waals surface area (Å²) >= 11 is 0. The number of sulfonamides is 1. The maximum absolute atomic E-state index is 12.3. The third kappa shape index (κ3) is 9.03. The Morgan fingerprint density at radius 1 is 1.05 bits per heavy atom. The fourth-order valence-corrected chi connectivity index (χ4v) is 5.18. The Labute approximate surface area is 220 Å². The lowest BCUT2D eigenvalue weighted by atomic mass is 10.1. The molecule has 3 rings (SSSR count). The molecule has 2 saturated heterocycles. The molecule has 0 aliphatic carbocycles. The van der Waals surface area contributed by atoms with Crippen molar-refractivity contribution in [2.24, 2.45) is 5.16 Å². The van der Waals surface area contributed by atoms with E-state index in [2.05, 4.69) is 12.1 Å². The van der Waals surface area contributed by atoms with Gasteiger partial charge in [0.05, 0.1) is 11.1 Å². The maximum Gasteiger partial charge on any atom is 0.447 e. The number of ether oxygens (including phenoxy) is 4. The molecule has 37 heavy (non-hydrogen) atoms. The van der Waals surface area contributed by atoms with Gasteiger partial charge in [0.1, 0.15) is 18.3 Å². The molecule has 2 aliphatic rings. The van der Waals surface area contributed by atoms with Crippen molar-refractivity contribution in [2.45, 2.75) is 114 Å². The minimum atomic E-state index is -4.08. The van der Waals surface area contributed by atoms with Crippen molar-refractivity contribution in [3.8, 4) is 0 Å². The van der Waals surface area contributed by atoms with E-state index in [-0.39, 0.29) is 4.90 Å². The summed E-state index contributed by atoms with van der Waals surface area (Å²) in [5.41, 5.74) is 0.892. The lowest BCUT2D eigenvalue weighted by molar-refractivity contribution is -0.209. The maximum atomic E-state index is 12.3. The van der Waals surface area contributed by atoms with E-state index in [1.165, 1.54) is 56.9 Å². The summed E-state index contributed by atoms with van der Waals surface area (Å²) in [5, 5.41) is 3.63. The summed E-state index contributed by atoms with van der Waals surface area (Å²) in [4.78, 5) is 16.7. The number of benzene rings is 1. The summed E-state index contributed by atoms with van der Waals surface area (Å²) in [6.07, 6.45) is 7.20. The lowest BCUT2D eigenvalue weighted by Gasteiger charge is -2.24. The van der Waals surface area contributed by atoms with E-state index in [4.69, 9.17) is 23.8 Å².